The van der Waals surface area contributed by atoms with Gasteiger partial charge in [0.15, 0.2) is 0 Å². The summed E-state index contributed by atoms with van der Waals surface area (Å²) < 4.78 is 10.0. The van der Waals surface area contributed by atoms with Crippen molar-refractivity contribution in [3.63, 3.8) is 0 Å². The van der Waals surface area contributed by atoms with E-state index in [9.17, 15) is 9.90 Å². The number of carbonyl (C=O) groups excluding carboxylic acids is 1. The lowest BCUT2D eigenvalue weighted by atomic mass is 10.0. The first-order chi connectivity index (χ1) is 9.96. The largest absolute Gasteiger partial charge is 0.497 e. The summed E-state index contributed by atoms with van der Waals surface area (Å²) >= 11 is 0. The molecule has 21 heavy (non-hydrogen) atoms. The Balaban J connectivity index is 2.30. The van der Waals surface area contributed by atoms with Crippen LogP contribution in [0.15, 0.2) is 24.3 Å². The highest BCUT2D eigenvalue weighted by Crippen LogP contribution is 2.12. The molecule has 5 nitrogen and oxygen atoms in total. The Bertz CT molecular complexity index is 428. The number of ether oxygens (including phenoxy) is 2. The molecule has 2 N–H and O–H groups in total. The van der Waals surface area contributed by atoms with Crippen molar-refractivity contribution >= 4 is 5.91 Å². The molecular weight excluding hydrogens is 270 g/mol. The smallest absolute Gasteiger partial charge is 0.220 e. The summed E-state index contributed by atoms with van der Waals surface area (Å²) in [7, 11) is 3.21. The number of aliphatic hydroxyl groups is 1. The second-order valence-electron chi connectivity index (χ2n) is 5.36. The van der Waals surface area contributed by atoms with E-state index in [0.717, 1.165) is 11.3 Å². The van der Waals surface area contributed by atoms with E-state index in [1.54, 1.807) is 21.1 Å². The summed E-state index contributed by atoms with van der Waals surface area (Å²) in [6.07, 6.45) is 1.55. The van der Waals surface area contributed by atoms with Crippen LogP contribution in [-0.4, -0.2) is 44.0 Å². The highest BCUT2D eigenvalue weighted by Gasteiger charge is 2.20. The Morgan fingerprint density at radius 1 is 1.29 bits per heavy atom. The van der Waals surface area contributed by atoms with Crippen LogP contribution in [-0.2, 0) is 16.0 Å². The molecular formula is C16H25NO4. The van der Waals surface area contributed by atoms with Crippen molar-refractivity contribution in [3.8, 4) is 5.75 Å². The molecule has 0 aliphatic heterocycles. The van der Waals surface area contributed by atoms with E-state index in [0.29, 0.717) is 25.9 Å². The van der Waals surface area contributed by atoms with Crippen LogP contribution in [0.1, 0.15) is 25.3 Å². The molecule has 0 fully saturated rings. The van der Waals surface area contributed by atoms with Gasteiger partial charge in [-0.3, -0.25) is 4.79 Å². The fraction of sp³-hybridized carbons (Fsp3) is 0.562. The maximum atomic E-state index is 11.8. The van der Waals surface area contributed by atoms with Crippen molar-refractivity contribution < 1.29 is 19.4 Å². The van der Waals surface area contributed by atoms with Crippen LogP contribution in [0, 0.1) is 0 Å². The number of amides is 1. The zero-order valence-corrected chi connectivity index (χ0v) is 13.0. The van der Waals surface area contributed by atoms with E-state index in [4.69, 9.17) is 9.47 Å². The lowest BCUT2D eigenvalue weighted by Crippen LogP contribution is -2.41. The molecule has 0 aromatic heterocycles. The molecule has 1 aromatic carbocycles. The maximum absolute atomic E-state index is 11.8. The molecule has 1 unspecified atom stereocenters. The van der Waals surface area contributed by atoms with Crippen LogP contribution in [0.3, 0.4) is 0 Å². The molecule has 0 radical (unpaired) electrons. The molecule has 0 saturated carbocycles. The number of methoxy groups -OCH3 is 2. The highest BCUT2D eigenvalue weighted by atomic mass is 16.5. The molecule has 0 aliphatic rings. The summed E-state index contributed by atoms with van der Waals surface area (Å²) in [6, 6.07) is 7.65. The third-order valence-corrected chi connectivity index (χ3v) is 3.31. The fourth-order valence-corrected chi connectivity index (χ4v) is 1.84. The Kier molecular flexibility index (Phi) is 7.19. The Morgan fingerprint density at radius 2 is 1.95 bits per heavy atom. The van der Waals surface area contributed by atoms with Gasteiger partial charge in [-0.1, -0.05) is 12.1 Å². The summed E-state index contributed by atoms with van der Waals surface area (Å²) in [5, 5.41) is 12.8. The lowest BCUT2D eigenvalue weighted by Gasteiger charge is -2.23. The lowest BCUT2D eigenvalue weighted by molar-refractivity contribution is -0.122. The number of nitrogens with one attached hydrogen (secondary N) is 1. The molecule has 118 valence electrons. The number of hydrogen-bond acceptors (Lipinski definition) is 4. The molecule has 0 spiro atoms. The molecule has 0 heterocycles. The molecule has 1 aromatic rings. The predicted molar refractivity (Wildman–Crippen MR) is 81.4 cm³/mol. The molecule has 1 amide bonds. The van der Waals surface area contributed by atoms with Crippen molar-refractivity contribution in [3.05, 3.63) is 29.8 Å². The topological polar surface area (TPSA) is 67.8 Å². The minimum atomic E-state index is -0.939. The van der Waals surface area contributed by atoms with Gasteiger partial charge in [0.1, 0.15) is 5.75 Å². The monoisotopic (exact) mass is 295 g/mol. The van der Waals surface area contributed by atoms with E-state index in [2.05, 4.69) is 5.32 Å². The van der Waals surface area contributed by atoms with Gasteiger partial charge >= 0.3 is 0 Å². The van der Waals surface area contributed by atoms with Gasteiger partial charge in [0.2, 0.25) is 5.91 Å². The number of carbonyl (C=O) groups is 1. The zero-order chi connectivity index (χ0) is 15.7. The van der Waals surface area contributed by atoms with E-state index < -0.39 is 5.60 Å². The first kappa shape index (κ1) is 17.5. The minimum absolute atomic E-state index is 0.0662. The van der Waals surface area contributed by atoms with Crippen LogP contribution in [0.5, 0.6) is 5.75 Å². The Hall–Kier alpha value is -1.59. The van der Waals surface area contributed by atoms with E-state index in [-0.39, 0.29) is 12.5 Å². The number of hydrogen-bond donors (Lipinski definition) is 2. The number of aryl methyl sites for hydroxylation is 1. The van der Waals surface area contributed by atoms with Gasteiger partial charge in [0.25, 0.3) is 0 Å². The molecule has 0 aliphatic carbocycles. The second kappa shape index (κ2) is 8.64. The Labute approximate surface area is 126 Å². The maximum Gasteiger partial charge on any atom is 0.220 e. The van der Waals surface area contributed by atoms with Gasteiger partial charge in [-0.05, 0) is 31.0 Å². The molecule has 1 rings (SSSR count). The van der Waals surface area contributed by atoms with Crippen molar-refractivity contribution in [1.82, 2.24) is 5.32 Å². The number of benzene rings is 1. The third kappa shape index (κ3) is 7.11. The van der Waals surface area contributed by atoms with Gasteiger partial charge in [-0.2, -0.15) is 0 Å². The summed E-state index contributed by atoms with van der Waals surface area (Å²) in [5.74, 6) is 0.737. The SMILES string of the molecule is COCCC(C)(O)CNC(=O)CCc1ccc(OC)cc1. The second-order valence-corrected chi connectivity index (χ2v) is 5.36. The van der Waals surface area contributed by atoms with Crippen LogP contribution < -0.4 is 10.1 Å². The van der Waals surface area contributed by atoms with Gasteiger partial charge < -0.3 is 19.9 Å². The average molecular weight is 295 g/mol. The van der Waals surface area contributed by atoms with E-state index in [1.165, 1.54) is 0 Å². The third-order valence-electron chi connectivity index (χ3n) is 3.31. The first-order valence-electron chi connectivity index (χ1n) is 7.08. The van der Waals surface area contributed by atoms with E-state index in [1.807, 2.05) is 24.3 Å². The fourth-order valence-electron chi connectivity index (χ4n) is 1.84. The van der Waals surface area contributed by atoms with Gasteiger partial charge in [-0.15, -0.1) is 0 Å². The zero-order valence-electron chi connectivity index (χ0n) is 13.0. The van der Waals surface area contributed by atoms with Gasteiger partial charge in [-0.25, -0.2) is 0 Å². The number of rotatable bonds is 9. The minimum Gasteiger partial charge on any atom is -0.497 e. The molecule has 0 bridgehead atoms. The summed E-state index contributed by atoms with van der Waals surface area (Å²) in [6.45, 7) is 2.39. The molecule has 0 saturated heterocycles. The van der Waals surface area contributed by atoms with Crippen molar-refractivity contribution in [2.75, 3.05) is 27.4 Å². The van der Waals surface area contributed by atoms with Gasteiger partial charge in [0.05, 0.1) is 12.7 Å². The van der Waals surface area contributed by atoms with Crippen LogP contribution in [0.25, 0.3) is 0 Å². The van der Waals surface area contributed by atoms with Crippen molar-refractivity contribution in [2.24, 2.45) is 0 Å². The predicted octanol–water partition coefficient (Wildman–Crippen LogP) is 1.53. The van der Waals surface area contributed by atoms with Crippen LogP contribution >= 0.6 is 0 Å². The van der Waals surface area contributed by atoms with E-state index >= 15 is 0 Å². The van der Waals surface area contributed by atoms with Crippen LogP contribution in [0.2, 0.25) is 0 Å². The molecule has 5 heteroatoms. The summed E-state index contributed by atoms with van der Waals surface area (Å²) in [5.41, 5.74) is 0.142. The quantitative estimate of drug-likeness (QED) is 0.725. The Morgan fingerprint density at radius 3 is 2.52 bits per heavy atom. The standard InChI is InChI=1S/C16H25NO4/c1-16(19,10-11-20-2)12-17-15(18)9-6-13-4-7-14(21-3)8-5-13/h4-5,7-8,19H,6,9-12H2,1-3H3,(H,17,18). The average Bonchev–Trinajstić information content (AvgIpc) is 2.49. The highest BCUT2D eigenvalue weighted by molar-refractivity contribution is 5.76. The summed E-state index contributed by atoms with van der Waals surface area (Å²) in [4.78, 5) is 11.8. The van der Waals surface area contributed by atoms with Crippen molar-refractivity contribution in [2.45, 2.75) is 31.8 Å². The normalized spacial score (nSPS) is 13.5. The van der Waals surface area contributed by atoms with Crippen molar-refractivity contribution in [1.29, 1.82) is 0 Å². The molecule has 1 atom stereocenters. The van der Waals surface area contributed by atoms with Crippen LogP contribution in [0.4, 0.5) is 0 Å². The van der Waals surface area contributed by atoms with Gasteiger partial charge in [0, 0.05) is 33.1 Å². The first-order valence-corrected chi connectivity index (χ1v) is 7.08.